The number of nitrogen functional groups attached to an aromatic ring is 1. The number of carbonyl (C=O) groups is 2. The minimum atomic E-state index is -0.779. The normalized spacial score (nSPS) is 18.5. The van der Waals surface area contributed by atoms with Crippen LogP contribution in [-0.2, 0) is 4.79 Å². The van der Waals surface area contributed by atoms with Gasteiger partial charge in [-0.1, -0.05) is 15.9 Å². The zero-order valence-electron chi connectivity index (χ0n) is 11.7. The van der Waals surface area contributed by atoms with Gasteiger partial charge in [0, 0.05) is 35.2 Å². The molecule has 1 aromatic carbocycles. The minimum Gasteiger partial charge on any atom is -0.481 e. The number of rotatable bonds is 4. The Morgan fingerprint density at radius 3 is 2.81 bits per heavy atom. The van der Waals surface area contributed by atoms with Gasteiger partial charge in [-0.2, -0.15) is 0 Å². The van der Waals surface area contributed by atoms with Crippen molar-refractivity contribution < 1.29 is 14.7 Å². The zero-order valence-corrected chi connectivity index (χ0v) is 13.3. The average Bonchev–Trinajstić information content (AvgIpc) is 2.43. The zero-order chi connectivity index (χ0) is 15.4. The molecule has 1 saturated heterocycles. The molecule has 114 valence electrons. The largest absolute Gasteiger partial charge is 0.481 e. The van der Waals surface area contributed by atoms with Crippen LogP contribution in [0.2, 0.25) is 0 Å². The van der Waals surface area contributed by atoms with Crippen LogP contribution in [0.15, 0.2) is 22.7 Å². The van der Waals surface area contributed by atoms with Crippen molar-refractivity contribution >= 4 is 33.5 Å². The predicted octanol–water partition coefficient (Wildman–Crippen LogP) is 2.75. The number of likely N-dealkylation sites (tertiary alicyclic amines) is 1. The highest BCUT2D eigenvalue weighted by Gasteiger charge is 2.25. The number of nitrogens with zero attached hydrogens (tertiary/aromatic N) is 1. The number of carbonyl (C=O) groups excluding carboxylic acids is 1. The van der Waals surface area contributed by atoms with E-state index in [1.807, 2.05) is 0 Å². The van der Waals surface area contributed by atoms with Crippen molar-refractivity contribution in [1.82, 2.24) is 4.90 Å². The second kappa shape index (κ2) is 6.93. The Hall–Kier alpha value is -1.56. The van der Waals surface area contributed by atoms with E-state index in [0.717, 1.165) is 23.9 Å². The quantitative estimate of drug-likeness (QED) is 0.814. The first-order valence-corrected chi connectivity index (χ1v) is 7.82. The van der Waals surface area contributed by atoms with Crippen LogP contribution < -0.4 is 5.73 Å². The number of carboxylic acid groups (broad SMARTS) is 1. The number of amides is 1. The van der Waals surface area contributed by atoms with Crippen LogP contribution in [-0.4, -0.2) is 35.0 Å². The SMILES string of the molecule is Nc1cc(Br)cc(C(=O)N2CCCC(CCC(=O)O)C2)c1. The van der Waals surface area contributed by atoms with Crippen LogP contribution in [0.25, 0.3) is 0 Å². The molecule has 0 aliphatic carbocycles. The van der Waals surface area contributed by atoms with Crippen molar-refractivity contribution in [2.75, 3.05) is 18.8 Å². The Balaban J connectivity index is 2.03. The Bertz CT molecular complexity index is 527. The number of carboxylic acids is 1. The fourth-order valence-electron chi connectivity index (χ4n) is 2.73. The van der Waals surface area contributed by atoms with E-state index in [1.165, 1.54) is 0 Å². The first-order valence-electron chi connectivity index (χ1n) is 7.03. The topological polar surface area (TPSA) is 83.6 Å². The Kier molecular flexibility index (Phi) is 5.22. The van der Waals surface area contributed by atoms with Crippen LogP contribution in [0.4, 0.5) is 5.69 Å². The van der Waals surface area contributed by atoms with Gasteiger partial charge in [0.05, 0.1) is 0 Å². The van der Waals surface area contributed by atoms with Crippen molar-refractivity contribution in [3.63, 3.8) is 0 Å². The highest BCUT2D eigenvalue weighted by molar-refractivity contribution is 9.10. The summed E-state index contributed by atoms with van der Waals surface area (Å²) in [6.45, 7) is 1.34. The number of benzene rings is 1. The van der Waals surface area contributed by atoms with Crippen LogP contribution in [0, 0.1) is 5.92 Å². The number of hydrogen-bond acceptors (Lipinski definition) is 3. The summed E-state index contributed by atoms with van der Waals surface area (Å²) in [5.41, 5.74) is 6.89. The molecule has 1 amide bonds. The van der Waals surface area contributed by atoms with Crippen molar-refractivity contribution in [3.8, 4) is 0 Å². The molecule has 1 aliphatic rings. The Labute approximate surface area is 132 Å². The smallest absolute Gasteiger partial charge is 0.303 e. The number of nitrogens with two attached hydrogens (primary N) is 1. The molecule has 0 aromatic heterocycles. The molecule has 1 heterocycles. The standard InChI is InChI=1S/C15H19BrN2O3/c16-12-6-11(7-13(17)8-12)15(21)18-5-1-2-10(9-18)3-4-14(19)20/h6-8,10H,1-5,9,17H2,(H,19,20). The summed E-state index contributed by atoms with van der Waals surface area (Å²) in [5, 5.41) is 8.76. The van der Waals surface area contributed by atoms with Crippen molar-refractivity contribution in [2.24, 2.45) is 5.92 Å². The molecule has 0 bridgehead atoms. The maximum Gasteiger partial charge on any atom is 0.303 e. The van der Waals surface area contributed by atoms with Crippen molar-refractivity contribution in [1.29, 1.82) is 0 Å². The lowest BCUT2D eigenvalue weighted by Crippen LogP contribution is -2.40. The predicted molar refractivity (Wildman–Crippen MR) is 84.1 cm³/mol. The van der Waals surface area contributed by atoms with E-state index in [0.29, 0.717) is 24.2 Å². The highest BCUT2D eigenvalue weighted by Crippen LogP contribution is 2.24. The molecule has 3 N–H and O–H groups in total. The fourth-order valence-corrected chi connectivity index (χ4v) is 3.24. The monoisotopic (exact) mass is 354 g/mol. The van der Waals surface area contributed by atoms with Crippen molar-refractivity contribution in [2.45, 2.75) is 25.7 Å². The van der Waals surface area contributed by atoms with E-state index in [2.05, 4.69) is 15.9 Å². The summed E-state index contributed by atoms with van der Waals surface area (Å²) in [4.78, 5) is 25.0. The number of hydrogen-bond donors (Lipinski definition) is 2. The maximum absolute atomic E-state index is 12.5. The summed E-state index contributed by atoms with van der Waals surface area (Å²) >= 11 is 3.34. The van der Waals surface area contributed by atoms with Crippen LogP contribution in [0.5, 0.6) is 0 Å². The van der Waals surface area contributed by atoms with E-state index in [1.54, 1.807) is 23.1 Å². The molecule has 0 saturated carbocycles. The van der Waals surface area contributed by atoms with Gasteiger partial charge < -0.3 is 15.7 Å². The van der Waals surface area contributed by atoms with E-state index in [4.69, 9.17) is 10.8 Å². The molecule has 21 heavy (non-hydrogen) atoms. The summed E-state index contributed by atoms with van der Waals surface area (Å²) in [7, 11) is 0. The molecule has 1 aromatic rings. The molecule has 1 fully saturated rings. The maximum atomic E-state index is 12.5. The highest BCUT2D eigenvalue weighted by atomic mass is 79.9. The van der Waals surface area contributed by atoms with Crippen molar-refractivity contribution in [3.05, 3.63) is 28.2 Å². The molecular formula is C15H19BrN2O3. The van der Waals surface area contributed by atoms with Gasteiger partial charge in [0.15, 0.2) is 0 Å². The third-order valence-corrected chi connectivity index (χ3v) is 4.20. The van der Waals surface area contributed by atoms with Gasteiger partial charge in [-0.05, 0) is 43.4 Å². The lowest BCUT2D eigenvalue weighted by molar-refractivity contribution is -0.137. The van der Waals surface area contributed by atoms with Gasteiger partial charge in [0.2, 0.25) is 0 Å². The summed E-state index contributed by atoms with van der Waals surface area (Å²) in [5.74, 6) is -0.551. The van der Waals surface area contributed by atoms with Gasteiger partial charge >= 0.3 is 5.97 Å². The minimum absolute atomic E-state index is 0.0389. The molecular weight excluding hydrogens is 336 g/mol. The second-order valence-corrected chi connectivity index (χ2v) is 6.38. The lowest BCUT2D eigenvalue weighted by Gasteiger charge is -2.32. The fraction of sp³-hybridized carbons (Fsp3) is 0.467. The molecule has 1 unspecified atom stereocenters. The third-order valence-electron chi connectivity index (χ3n) is 3.74. The third kappa shape index (κ3) is 4.46. The summed E-state index contributed by atoms with van der Waals surface area (Å²) < 4.78 is 0.783. The second-order valence-electron chi connectivity index (χ2n) is 5.47. The van der Waals surface area contributed by atoms with Gasteiger partial charge in [0.25, 0.3) is 5.91 Å². The van der Waals surface area contributed by atoms with Gasteiger partial charge in [-0.3, -0.25) is 9.59 Å². The summed E-state index contributed by atoms with van der Waals surface area (Å²) in [6.07, 6.45) is 2.69. The van der Waals surface area contributed by atoms with E-state index >= 15 is 0 Å². The number of piperidine rings is 1. The molecule has 6 heteroatoms. The molecule has 0 radical (unpaired) electrons. The first kappa shape index (κ1) is 15.8. The number of aliphatic carboxylic acids is 1. The molecule has 2 rings (SSSR count). The average molecular weight is 355 g/mol. The van der Waals surface area contributed by atoms with Crippen LogP contribution in [0.3, 0.4) is 0 Å². The van der Waals surface area contributed by atoms with E-state index < -0.39 is 5.97 Å². The van der Waals surface area contributed by atoms with Gasteiger partial charge in [0.1, 0.15) is 0 Å². The van der Waals surface area contributed by atoms with E-state index in [9.17, 15) is 9.59 Å². The number of halogens is 1. The van der Waals surface area contributed by atoms with Crippen LogP contribution >= 0.6 is 15.9 Å². The van der Waals surface area contributed by atoms with Gasteiger partial charge in [-0.25, -0.2) is 0 Å². The van der Waals surface area contributed by atoms with Gasteiger partial charge in [-0.15, -0.1) is 0 Å². The Morgan fingerprint density at radius 1 is 1.38 bits per heavy atom. The summed E-state index contributed by atoms with van der Waals surface area (Å²) in [6, 6.07) is 5.19. The van der Waals surface area contributed by atoms with Crippen LogP contribution in [0.1, 0.15) is 36.0 Å². The molecule has 1 atom stereocenters. The Morgan fingerprint density at radius 2 is 2.14 bits per heavy atom. The molecule has 5 nitrogen and oxygen atoms in total. The van der Waals surface area contributed by atoms with E-state index in [-0.39, 0.29) is 18.2 Å². The first-order chi connectivity index (χ1) is 9.95. The molecule has 1 aliphatic heterocycles. The number of anilines is 1. The lowest BCUT2D eigenvalue weighted by atomic mass is 9.93. The molecule has 0 spiro atoms.